The number of nitrogens with two attached hydrogens (primary N) is 1. The first-order valence-electron chi connectivity index (χ1n) is 9.46. The summed E-state index contributed by atoms with van der Waals surface area (Å²) in [5.41, 5.74) is 7.61. The number of hydrogen-bond donors (Lipinski definition) is 3. The molecule has 0 fully saturated rings. The lowest BCUT2D eigenvalue weighted by molar-refractivity contribution is 0.0992. The standard InChI is InChI=1S/C21H17N7O4S/c1-33(31,32)28-14-3-2-13-10-25-20(26-17(13)9-14)21(30)27-16-5-6-23-11-15(16)12-4-7-24-18(8-12)19(22)29/h2-11,28H,1H3,(H2,22,29)(H,23,27,30). The van der Waals surface area contributed by atoms with Gasteiger partial charge in [0.2, 0.25) is 15.8 Å². The maximum Gasteiger partial charge on any atom is 0.293 e. The van der Waals surface area contributed by atoms with Gasteiger partial charge in [0.15, 0.2) is 0 Å². The molecule has 12 heteroatoms. The van der Waals surface area contributed by atoms with Gasteiger partial charge in [-0.1, -0.05) is 0 Å². The first-order chi connectivity index (χ1) is 15.7. The Morgan fingerprint density at radius 3 is 2.58 bits per heavy atom. The molecule has 0 bridgehead atoms. The summed E-state index contributed by atoms with van der Waals surface area (Å²) in [5.74, 6) is -1.38. The van der Waals surface area contributed by atoms with E-state index < -0.39 is 21.8 Å². The second-order valence-corrected chi connectivity index (χ2v) is 8.76. The molecule has 4 aromatic rings. The van der Waals surface area contributed by atoms with Crippen LogP contribution in [0.3, 0.4) is 0 Å². The number of carbonyl (C=O) groups excluding carboxylic acids is 2. The van der Waals surface area contributed by atoms with Crippen LogP contribution in [-0.4, -0.2) is 46.4 Å². The Morgan fingerprint density at radius 1 is 1.00 bits per heavy atom. The second kappa shape index (κ2) is 8.59. The van der Waals surface area contributed by atoms with Crippen LogP contribution in [0.5, 0.6) is 0 Å². The third kappa shape index (κ3) is 5.07. The van der Waals surface area contributed by atoms with Crippen molar-refractivity contribution in [3.8, 4) is 11.1 Å². The quantitative estimate of drug-likeness (QED) is 0.389. The summed E-state index contributed by atoms with van der Waals surface area (Å²) < 4.78 is 25.3. The molecule has 0 saturated carbocycles. The summed E-state index contributed by atoms with van der Waals surface area (Å²) in [6.45, 7) is 0. The molecule has 0 aliphatic carbocycles. The second-order valence-electron chi connectivity index (χ2n) is 7.01. The molecule has 0 aliphatic heterocycles. The van der Waals surface area contributed by atoms with Gasteiger partial charge in [-0.25, -0.2) is 18.4 Å². The zero-order chi connectivity index (χ0) is 23.6. The average molecular weight is 463 g/mol. The molecule has 3 aromatic heterocycles. The summed E-state index contributed by atoms with van der Waals surface area (Å²) in [6, 6.07) is 9.47. The first-order valence-corrected chi connectivity index (χ1v) is 11.3. The monoisotopic (exact) mass is 463 g/mol. The number of primary amides is 1. The fourth-order valence-electron chi connectivity index (χ4n) is 3.05. The smallest absolute Gasteiger partial charge is 0.293 e. The molecule has 3 heterocycles. The predicted molar refractivity (Wildman–Crippen MR) is 122 cm³/mol. The van der Waals surface area contributed by atoms with Crippen LogP contribution in [0.25, 0.3) is 22.0 Å². The van der Waals surface area contributed by atoms with Gasteiger partial charge in [-0.05, 0) is 42.0 Å². The number of anilines is 2. The van der Waals surface area contributed by atoms with Gasteiger partial charge < -0.3 is 11.1 Å². The summed E-state index contributed by atoms with van der Waals surface area (Å²) in [6.07, 6.45) is 6.97. The first kappa shape index (κ1) is 21.8. The van der Waals surface area contributed by atoms with E-state index in [0.717, 1.165) is 6.26 Å². The normalized spacial score (nSPS) is 11.2. The van der Waals surface area contributed by atoms with Gasteiger partial charge >= 0.3 is 0 Å². The number of rotatable bonds is 6. The molecule has 33 heavy (non-hydrogen) atoms. The Kier molecular flexibility index (Phi) is 5.67. The predicted octanol–water partition coefficient (Wildman–Crippen LogP) is 1.81. The number of nitrogens with zero attached hydrogens (tertiary/aromatic N) is 4. The summed E-state index contributed by atoms with van der Waals surface area (Å²) in [5, 5.41) is 3.37. The van der Waals surface area contributed by atoms with E-state index in [9.17, 15) is 18.0 Å². The molecule has 0 saturated heterocycles. The number of pyridine rings is 2. The Labute approximate surface area is 188 Å². The highest BCUT2D eigenvalue weighted by Crippen LogP contribution is 2.27. The van der Waals surface area contributed by atoms with E-state index in [2.05, 4.69) is 30.0 Å². The third-order valence-electron chi connectivity index (χ3n) is 4.48. The molecule has 0 aliphatic rings. The van der Waals surface area contributed by atoms with Gasteiger partial charge in [0.05, 0.1) is 23.1 Å². The minimum Gasteiger partial charge on any atom is -0.364 e. The van der Waals surface area contributed by atoms with Crippen LogP contribution in [0.15, 0.2) is 61.2 Å². The van der Waals surface area contributed by atoms with Crippen molar-refractivity contribution in [2.75, 3.05) is 16.3 Å². The van der Waals surface area contributed by atoms with Crippen molar-refractivity contribution in [2.24, 2.45) is 5.73 Å². The van der Waals surface area contributed by atoms with E-state index in [1.807, 2.05) is 0 Å². The number of hydrogen-bond acceptors (Lipinski definition) is 8. The molecule has 0 radical (unpaired) electrons. The molecule has 1 aromatic carbocycles. The van der Waals surface area contributed by atoms with Crippen molar-refractivity contribution in [1.29, 1.82) is 0 Å². The zero-order valence-corrected chi connectivity index (χ0v) is 18.0. The van der Waals surface area contributed by atoms with Gasteiger partial charge in [0.1, 0.15) is 5.69 Å². The summed E-state index contributed by atoms with van der Waals surface area (Å²) in [7, 11) is -3.46. The molecule has 0 spiro atoms. The van der Waals surface area contributed by atoms with Crippen molar-refractivity contribution in [3.05, 3.63) is 72.7 Å². The lowest BCUT2D eigenvalue weighted by Crippen LogP contribution is -2.16. The molecule has 0 unspecified atom stereocenters. The third-order valence-corrected chi connectivity index (χ3v) is 5.09. The SMILES string of the molecule is CS(=O)(=O)Nc1ccc2cnc(C(=O)Nc3ccncc3-c3ccnc(C(N)=O)c3)nc2c1. The molecule has 4 N–H and O–H groups in total. The van der Waals surface area contributed by atoms with Crippen LogP contribution in [0, 0.1) is 0 Å². The Morgan fingerprint density at radius 2 is 1.82 bits per heavy atom. The fourth-order valence-corrected chi connectivity index (χ4v) is 3.61. The highest BCUT2D eigenvalue weighted by Gasteiger charge is 2.15. The van der Waals surface area contributed by atoms with Crippen LogP contribution < -0.4 is 15.8 Å². The number of nitrogens with one attached hydrogen (secondary N) is 2. The Balaban J connectivity index is 1.65. The van der Waals surface area contributed by atoms with E-state index in [4.69, 9.17) is 5.73 Å². The van der Waals surface area contributed by atoms with Gasteiger partial charge in [-0.15, -0.1) is 0 Å². The number of aromatic nitrogens is 4. The van der Waals surface area contributed by atoms with Gasteiger partial charge in [-0.3, -0.25) is 24.3 Å². The van der Waals surface area contributed by atoms with Crippen LogP contribution in [-0.2, 0) is 10.0 Å². The molecule has 11 nitrogen and oxygen atoms in total. The molecule has 4 rings (SSSR count). The number of amides is 2. The Hall–Kier alpha value is -4.45. The number of carbonyl (C=O) groups is 2. The maximum atomic E-state index is 12.9. The largest absolute Gasteiger partial charge is 0.364 e. The number of benzene rings is 1. The van der Waals surface area contributed by atoms with Gasteiger partial charge in [-0.2, -0.15) is 0 Å². The fraction of sp³-hybridized carbons (Fsp3) is 0.0476. The lowest BCUT2D eigenvalue weighted by Gasteiger charge is -2.11. The van der Waals surface area contributed by atoms with Crippen molar-refractivity contribution in [1.82, 2.24) is 19.9 Å². The van der Waals surface area contributed by atoms with Crippen molar-refractivity contribution in [2.45, 2.75) is 0 Å². The topological polar surface area (TPSA) is 170 Å². The maximum absolute atomic E-state index is 12.9. The average Bonchev–Trinajstić information content (AvgIpc) is 2.78. The van der Waals surface area contributed by atoms with Crippen molar-refractivity contribution < 1.29 is 18.0 Å². The van der Waals surface area contributed by atoms with E-state index in [-0.39, 0.29) is 11.5 Å². The van der Waals surface area contributed by atoms with Gasteiger partial charge in [0.25, 0.3) is 11.8 Å². The van der Waals surface area contributed by atoms with E-state index >= 15 is 0 Å². The van der Waals surface area contributed by atoms with Crippen LogP contribution in [0.1, 0.15) is 21.1 Å². The van der Waals surface area contributed by atoms with Crippen molar-refractivity contribution in [3.63, 3.8) is 0 Å². The lowest BCUT2D eigenvalue weighted by atomic mass is 10.1. The summed E-state index contributed by atoms with van der Waals surface area (Å²) >= 11 is 0. The molecule has 0 atom stereocenters. The van der Waals surface area contributed by atoms with Crippen LogP contribution in [0.2, 0.25) is 0 Å². The summed E-state index contributed by atoms with van der Waals surface area (Å²) in [4.78, 5) is 40.7. The van der Waals surface area contributed by atoms with Crippen LogP contribution >= 0.6 is 0 Å². The van der Waals surface area contributed by atoms with Crippen molar-refractivity contribution >= 4 is 44.1 Å². The highest BCUT2D eigenvalue weighted by molar-refractivity contribution is 7.92. The number of sulfonamides is 1. The molecule has 2 amide bonds. The Bertz CT molecular complexity index is 1510. The van der Waals surface area contributed by atoms with E-state index in [1.165, 1.54) is 36.9 Å². The van der Waals surface area contributed by atoms with E-state index in [1.54, 1.807) is 24.3 Å². The number of fused-ring (bicyclic) bond motifs is 1. The molecular weight excluding hydrogens is 446 g/mol. The molecule has 166 valence electrons. The zero-order valence-electron chi connectivity index (χ0n) is 17.2. The van der Waals surface area contributed by atoms with Gasteiger partial charge in [0, 0.05) is 35.7 Å². The molecular formula is C21H17N7O4S. The van der Waals surface area contributed by atoms with Crippen LogP contribution in [0.4, 0.5) is 11.4 Å². The highest BCUT2D eigenvalue weighted by atomic mass is 32.2. The minimum absolute atomic E-state index is 0.0741. The minimum atomic E-state index is -3.46. The van der Waals surface area contributed by atoms with E-state index in [0.29, 0.717) is 33.4 Å².